The van der Waals surface area contributed by atoms with Crippen LogP contribution in [0.2, 0.25) is 0 Å². The summed E-state index contributed by atoms with van der Waals surface area (Å²) in [6, 6.07) is 8.76. The maximum Gasteiger partial charge on any atom is 0.0751 e. The van der Waals surface area contributed by atoms with E-state index in [-0.39, 0.29) is 0 Å². The Balaban J connectivity index is 1.96. The van der Waals surface area contributed by atoms with Crippen molar-refractivity contribution in [2.24, 2.45) is 0 Å². The highest BCUT2D eigenvalue weighted by Gasteiger charge is 2.14. The molecule has 0 N–H and O–H groups in total. The number of hydrogen-bond acceptors (Lipinski definition) is 2. The van der Waals surface area contributed by atoms with Gasteiger partial charge in [-0.15, -0.1) is 22.7 Å². The molecule has 2 heterocycles. The molecule has 0 saturated carbocycles. The van der Waals surface area contributed by atoms with Crippen molar-refractivity contribution in [3.63, 3.8) is 0 Å². The number of halogens is 1. The van der Waals surface area contributed by atoms with Crippen LogP contribution in [0.25, 0.3) is 19.5 Å². The van der Waals surface area contributed by atoms with Gasteiger partial charge < -0.3 is 0 Å². The highest BCUT2D eigenvalue weighted by molar-refractivity contribution is 9.11. The molecule has 0 spiro atoms. The summed E-state index contributed by atoms with van der Waals surface area (Å²) in [5.74, 6) is 0. The van der Waals surface area contributed by atoms with Crippen LogP contribution in [-0.2, 0) is 6.42 Å². The second-order valence-electron chi connectivity index (χ2n) is 4.92. The first kappa shape index (κ1) is 13.6. The zero-order valence-electron chi connectivity index (χ0n) is 11.0. The Morgan fingerprint density at radius 2 is 1.84 bits per heavy atom. The van der Waals surface area contributed by atoms with Crippen molar-refractivity contribution in [1.82, 2.24) is 0 Å². The first-order valence-corrected chi connectivity index (χ1v) is 9.32. The maximum atomic E-state index is 3.77. The normalized spacial score (nSPS) is 11.7. The fourth-order valence-corrected chi connectivity index (χ4v) is 6.08. The molecule has 0 fully saturated rings. The molecule has 3 aromatic rings. The summed E-state index contributed by atoms with van der Waals surface area (Å²) in [6.07, 6.45) is 6.55. The third kappa shape index (κ3) is 2.61. The zero-order valence-corrected chi connectivity index (χ0v) is 14.3. The zero-order chi connectivity index (χ0) is 13.2. The van der Waals surface area contributed by atoms with Crippen molar-refractivity contribution in [3.05, 3.63) is 33.6 Å². The smallest absolute Gasteiger partial charge is 0.0751 e. The van der Waals surface area contributed by atoms with Crippen LogP contribution in [-0.4, -0.2) is 0 Å². The average Bonchev–Trinajstić information content (AvgIpc) is 2.91. The number of fused-ring (bicyclic) bond motifs is 3. The molecule has 3 rings (SSSR count). The van der Waals surface area contributed by atoms with Crippen LogP contribution in [0, 0.1) is 0 Å². The van der Waals surface area contributed by atoms with Gasteiger partial charge in [-0.3, -0.25) is 0 Å². The Hall–Kier alpha value is -0.380. The number of hydrogen-bond donors (Lipinski definition) is 0. The standard InChI is InChI=1S/C16H17BrS2/c1-2-3-4-5-9-12-15-14(19-16(12)17)11-8-6-7-10-13(11)18-15/h6-8,10H,2-5,9H2,1H3. The van der Waals surface area contributed by atoms with E-state index in [4.69, 9.17) is 0 Å². The lowest BCUT2D eigenvalue weighted by molar-refractivity contribution is 0.668. The van der Waals surface area contributed by atoms with Gasteiger partial charge in [-0.05, 0) is 40.4 Å². The fraction of sp³-hybridized carbons (Fsp3) is 0.375. The lowest BCUT2D eigenvalue weighted by atomic mass is 10.1. The molecule has 19 heavy (non-hydrogen) atoms. The number of thiophene rings is 2. The minimum atomic E-state index is 1.22. The summed E-state index contributed by atoms with van der Waals surface area (Å²) < 4.78 is 5.74. The molecule has 0 unspecified atom stereocenters. The van der Waals surface area contributed by atoms with Gasteiger partial charge in [0.1, 0.15) is 0 Å². The third-order valence-electron chi connectivity index (χ3n) is 3.53. The predicted octanol–water partition coefficient (Wildman–Crippen LogP) is 7.00. The van der Waals surface area contributed by atoms with Crippen molar-refractivity contribution in [2.45, 2.75) is 39.0 Å². The van der Waals surface area contributed by atoms with Crippen molar-refractivity contribution < 1.29 is 0 Å². The van der Waals surface area contributed by atoms with Crippen molar-refractivity contribution in [3.8, 4) is 0 Å². The molecule has 0 radical (unpaired) electrons. The summed E-state index contributed by atoms with van der Waals surface area (Å²) >= 11 is 7.63. The second-order valence-corrected chi connectivity index (χ2v) is 8.31. The van der Waals surface area contributed by atoms with Crippen LogP contribution < -0.4 is 0 Å². The molecule has 0 aliphatic rings. The van der Waals surface area contributed by atoms with Gasteiger partial charge in [0, 0.05) is 10.1 Å². The average molecular weight is 353 g/mol. The lowest BCUT2D eigenvalue weighted by Gasteiger charge is -1.99. The summed E-state index contributed by atoms with van der Waals surface area (Å²) in [6.45, 7) is 2.27. The molecule has 100 valence electrons. The van der Waals surface area contributed by atoms with Gasteiger partial charge in [-0.1, -0.05) is 44.4 Å². The Bertz CT molecular complexity index is 693. The maximum absolute atomic E-state index is 3.77. The van der Waals surface area contributed by atoms with E-state index in [2.05, 4.69) is 47.1 Å². The molecule has 2 aromatic heterocycles. The second kappa shape index (κ2) is 5.94. The molecule has 0 saturated heterocycles. The predicted molar refractivity (Wildman–Crippen MR) is 92.8 cm³/mol. The van der Waals surface area contributed by atoms with E-state index in [0.29, 0.717) is 0 Å². The largest absolute Gasteiger partial charge is 0.134 e. The number of benzene rings is 1. The van der Waals surface area contributed by atoms with Gasteiger partial charge >= 0.3 is 0 Å². The van der Waals surface area contributed by atoms with Crippen molar-refractivity contribution >= 4 is 58.1 Å². The molecule has 0 atom stereocenters. The number of rotatable bonds is 5. The molecule has 1 aromatic carbocycles. The first-order chi connectivity index (χ1) is 9.31. The number of aryl methyl sites for hydroxylation is 1. The van der Waals surface area contributed by atoms with E-state index < -0.39 is 0 Å². The van der Waals surface area contributed by atoms with Crippen LogP contribution in [0.3, 0.4) is 0 Å². The lowest BCUT2D eigenvalue weighted by Crippen LogP contribution is -1.83. The number of unbranched alkanes of at least 4 members (excludes halogenated alkanes) is 3. The Morgan fingerprint density at radius 1 is 1.00 bits per heavy atom. The van der Waals surface area contributed by atoms with E-state index in [1.165, 1.54) is 60.9 Å². The summed E-state index contributed by atoms with van der Waals surface area (Å²) in [5, 5.41) is 1.42. The van der Waals surface area contributed by atoms with E-state index in [9.17, 15) is 0 Å². The van der Waals surface area contributed by atoms with Crippen LogP contribution in [0.5, 0.6) is 0 Å². The van der Waals surface area contributed by atoms with Gasteiger partial charge in [0.15, 0.2) is 0 Å². The highest BCUT2D eigenvalue weighted by atomic mass is 79.9. The highest BCUT2D eigenvalue weighted by Crippen LogP contribution is 2.45. The molecule has 3 heteroatoms. The van der Waals surface area contributed by atoms with E-state index in [1.807, 2.05) is 22.7 Å². The Morgan fingerprint density at radius 3 is 2.68 bits per heavy atom. The van der Waals surface area contributed by atoms with Gasteiger partial charge in [0.25, 0.3) is 0 Å². The SMILES string of the molecule is CCCCCCc1c(Br)sc2c1sc1ccccc12. The molecule has 0 amide bonds. The summed E-state index contributed by atoms with van der Waals surface area (Å²) in [4.78, 5) is 0. The Kier molecular flexibility index (Phi) is 4.25. The quantitative estimate of drug-likeness (QED) is 0.433. The molecule has 0 nitrogen and oxygen atoms in total. The third-order valence-corrected chi connectivity index (χ3v) is 6.91. The van der Waals surface area contributed by atoms with Crippen LogP contribution in [0.1, 0.15) is 38.2 Å². The van der Waals surface area contributed by atoms with Crippen LogP contribution in [0.4, 0.5) is 0 Å². The fourth-order valence-electron chi connectivity index (χ4n) is 2.50. The first-order valence-electron chi connectivity index (χ1n) is 6.89. The molecule has 0 bridgehead atoms. The van der Waals surface area contributed by atoms with Crippen molar-refractivity contribution in [2.75, 3.05) is 0 Å². The minimum absolute atomic E-state index is 1.22. The van der Waals surface area contributed by atoms with Crippen LogP contribution in [0.15, 0.2) is 28.1 Å². The topological polar surface area (TPSA) is 0 Å². The summed E-state index contributed by atoms with van der Waals surface area (Å²) in [5.41, 5.74) is 1.54. The molecule has 0 aliphatic heterocycles. The van der Waals surface area contributed by atoms with E-state index in [1.54, 1.807) is 0 Å². The van der Waals surface area contributed by atoms with E-state index in [0.717, 1.165) is 0 Å². The van der Waals surface area contributed by atoms with Crippen LogP contribution >= 0.6 is 38.6 Å². The van der Waals surface area contributed by atoms with E-state index >= 15 is 0 Å². The molecule has 0 aliphatic carbocycles. The van der Waals surface area contributed by atoms with Crippen molar-refractivity contribution in [1.29, 1.82) is 0 Å². The van der Waals surface area contributed by atoms with Gasteiger partial charge in [0.2, 0.25) is 0 Å². The van der Waals surface area contributed by atoms with Gasteiger partial charge in [0.05, 0.1) is 13.2 Å². The minimum Gasteiger partial charge on any atom is -0.134 e. The van der Waals surface area contributed by atoms with Gasteiger partial charge in [-0.25, -0.2) is 0 Å². The molecular weight excluding hydrogens is 336 g/mol. The molecular formula is C16H17BrS2. The summed E-state index contributed by atoms with van der Waals surface area (Å²) in [7, 11) is 0. The monoisotopic (exact) mass is 352 g/mol. The Labute approximate surface area is 130 Å². The van der Waals surface area contributed by atoms with Gasteiger partial charge in [-0.2, -0.15) is 0 Å².